The first-order valence-electron chi connectivity index (χ1n) is 7.84. The Morgan fingerprint density at radius 2 is 1.70 bits per heavy atom. The van der Waals surface area contributed by atoms with Gasteiger partial charge in [-0.15, -0.1) is 0 Å². The van der Waals surface area contributed by atoms with Crippen molar-refractivity contribution >= 4 is 17.3 Å². The van der Waals surface area contributed by atoms with Crippen LogP contribution in [0, 0.1) is 0 Å². The number of carbonyl (C=O) groups excluding carboxylic acids is 1. The summed E-state index contributed by atoms with van der Waals surface area (Å²) >= 11 is 0. The number of anilines is 2. The maximum Gasteiger partial charge on any atom is 0.234 e. The van der Waals surface area contributed by atoms with Gasteiger partial charge in [0, 0.05) is 11.4 Å². The SMILES string of the molecule is CCCOc1ccc(NC(=O)C(C)(C)c2ccc(N)cc2)cc1. The predicted molar refractivity (Wildman–Crippen MR) is 94.7 cm³/mol. The zero-order chi connectivity index (χ0) is 16.9. The smallest absolute Gasteiger partial charge is 0.234 e. The molecule has 4 nitrogen and oxygen atoms in total. The molecule has 4 heteroatoms. The lowest BCUT2D eigenvalue weighted by molar-refractivity contribution is -0.120. The van der Waals surface area contributed by atoms with E-state index >= 15 is 0 Å². The topological polar surface area (TPSA) is 64.3 Å². The Morgan fingerprint density at radius 1 is 1.09 bits per heavy atom. The number of benzene rings is 2. The molecule has 2 aromatic rings. The predicted octanol–water partition coefficient (Wildman–Crippen LogP) is 3.97. The molecule has 0 aromatic heterocycles. The van der Waals surface area contributed by atoms with E-state index in [1.165, 1.54) is 0 Å². The van der Waals surface area contributed by atoms with Crippen molar-refractivity contribution in [2.24, 2.45) is 0 Å². The van der Waals surface area contributed by atoms with Crippen LogP contribution in [0.15, 0.2) is 48.5 Å². The van der Waals surface area contributed by atoms with Crippen molar-refractivity contribution in [3.63, 3.8) is 0 Å². The van der Waals surface area contributed by atoms with E-state index < -0.39 is 5.41 Å². The minimum Gasteiger partial charge on any atom is -0.494 e. The molecular formula is C19H24N2O2. The number of rotatable bonds is 6. The molecule has 0 aliphatic carbocycles. The summed E-state index contributed by atoms with van der Waals surface area (Å²) in [7, 11) is 0. The second-order valence-electron chi connectivity index (χ2n) is 6.07. The summed E-state index contributed by atoms with van der Waals surface area (Å²) in [6.07, 6.45) is 0.967. The third-order valence-corrected chi connectivity index (χ3v) is 3.79. The van der Waals surface area contributed by atoms with Gasteiger partial charge in [0.15, 0.2) is 0 Å². The van der Waals surface area contributed by atoms with Crippen LogP contribution >= 0.6 is 0 Å². The molecule has 0 unspecified atom stereocenters. The summed E-state index contributed by atoms with van der Waals surface area (Å²) in [5.74, 6) is 0.743. The number of nitrogens with one attached hydrogen (secondary N) is 1. The number of nitrogens with two attached hydrogens (primary N) is 1. The minimum absolute atomic E-state index is 0.0653. The Balaban J connectivity index is 2.06. The molecule has 0 spiro atoms. The first-order valence-corrected chi connectivity index (χ1v) is 7.84. The summed E-state index contributed by atoms with van der Waals surface area (Å²) in [4.78, 5) is 12.6. The summed E-state index contributed by atoms with van der Waals surface area (Å²) in [6, 6.07) is 14.8. The Kier molecular flexibility index (Phi) is 5.27. The largest absolute Gasteiger partial charge is 0.494 e. The number of nitrogen functional groups attached to an aromatic ring is 1. The van der Waals surface area contributed by atoms with Gasteiger partial charge in [0.1, 0.15) is 5.75 Å². The van der Waals surface area contributed by atoms with Gasteiger partial charge in [-0.1, -0.05) is 19.1 Å². The number of carbonyl (C=O) groups is 1. The van der Waals surface area contributed by atoms with Gasteiger partial charge in [-0.25, -0.2) is 0 Å². The molecule has 0 saturated heterocycles. The maximum absolute atomic E-state index is 12.6. The standard InChI is InChI=1S/C19H24N2O2/c1-4-13-23-17-11-9-16(10-12-17)21-18(22)19(2,3)14-5-7-15(20)8-6-14/h5-12H,4,13,20H2,1-3H3,(H,21,22). The van der Waals surface area contributed by atoms with Crippen LogP contribution in [0.5, 0.6) is 5.75 Å². The van der Waals surface area contributed by atoms with Crippen LogP contribution in [0.1, 0.15) is 32.8 Å². The van der Waals surface area contributed by atoms with Crippen LogP contribution in [0.25, 0.3) is 0 Å². The minimum atomic E-state index is -0.648. The van der Waals surface area contributed by atoms with Crippen LogP contribution in [-0.2, 0) is 10.2 Å². The number of ether oxygens (including phenoxy) is 1. The molecule has 2 rings (SSSR count). The van der Waals surface area contributed by atoms with E-state index in [0.29, 0.717) is 12.3 Å². The van der Waals surface area contributed by atoms with Gasteiger partial charge in [-0.3, -0.25) is 4.79 Å². The third-order valence-electron chi connectivity index (χ3n) is 3.79. The monoisotopic (exact) mass is 312 g/mol. The summed E-state index contributed by atoms with van der Waals surface area (Å²) in [5, 5.41) is 2.95. The van der Waals surface area contributed by atoms with E-state index in [2.05, 4.69) is 12.2 Å². The van der Waals surface area contributed by atoms with Crippen molar-refractivity contribution < 1.29 is 9.53 Å². The first kappa shape index (κ1) is 16.9. The summed E-state index contributed by atoms with van der Waals surface area (Å²) in [6.45, 7) is 6.54. The average molecular weight is 312 g/mol. The summed E-state index contributed by atoms with van der Waals surface area (Å²) < 4.78 is 5.54. The Labute approximate surface area is 137 Å². The van der Waals surface area contributed by atoms with Gasteiger partial charge in [0.25, 0.3) is 0 Å². The number of amides is 1. The number of hydrogen-bond acceptors (Lipinski definition) is 3. The van der Waals surface area contributed by atoms with E-state index in [9.17, 15) is 4.79 Å². The van der Waals surface area contributed by atoms with Gasteiger partial charge < -0.3 is 15.8 Å². The molecular weight excluding hydrogens is 288 g/mol. The van der Waals surface area contributed by atoms with E-state index in [4.69, 9.17) is 10.5 Å². The summed E-state index contributed by atoms with van der Waals surface area (Å²) in [5.41, 5.74) is 7.42. The van der Waals surface area contributed by atoms with Crippen molar-refractivity contribution in [2.75, 3.05) is 17.7 Å². The van der Waals surface area contributed by atoms with Crippen molar-refractivity contribution in [3.8, 4) is 5.75 Å². The fourth-order valence-corrected chi connectivity index (χ4v) is 2.17. The second-order valence-corrected chi connectivity index (χ2v) is 6.07. The molecule has 0 radical (unpaired) electrons. The lowest BCUT2D eigenvalue weighted by Gasteiger charge is -2.24. The van der Waals surface area contributed by atoms with Crippen molar-refractivity contribution in [1.29, 1.82) is 0 Å². The molecule has 2 aromatic carbocycles. The lowest BCUT2D eigenvalue weighted by atomic mass is 9.83. The molecule has 122 valence electrons. The van der Waals surface area contributed by atoms with Gasteiger partial charge in [-0.2, -0.15) is 0 Å². The molecule has 0 aliphatic heterocycles. The van der Waals surface area contributed by atoms with Crippen molar-refractivity contribution in [3.05, 3.63) is 54.1 Å². The van der Waals surface area contributed by atoms with Gasteiger partial charge in [0.2, 0.25) is 5.91 Å². The highest BCUT2D eigenvalue weighted by Gasteiger charge is 2.29. The highest BCUT2D eigenvalue weighted by Crippen LogP contribution is 2.26. The molecule has 3 N–H and O–H groups in total. The Hall–Kier alpha value is -2.49. The van der Waals surface area contributed by atoms with Gasteiger partial charge in [0.05, 0.1) is 12.0 Å². The third kappa shape index (κ3) is 4.25. The van der Waals surface area contributed by atoms with Gasteiger partial charge >= 0.3 is 0 Å². The quantitative estimate of drug-likeness (QED) is 0.793. The molecule has 0 fully saturated rings. The van der Waals surface area contributed by atoms with Crippen LogP contribution < -0.4 is 15.8 Å². The van der Waals surface area contributed by atoms with E-state index in [1.54, 1.807) is 0 Å². The second kappa shape index (κ2) is 7.18. The molecule has 0 aliphatic rings. The molecule has 0 heterocycles. The fourth-order valence-electron chi connectivity index (χ4n) is 2.17. The molecule has 0 bridgehead atoms. The zero-order valence-corrected chi connectivity index (χ0v) is 13.9. The average Bonchev–Trinajstić information content (AvgIpc) is 2.54. The lowest BCUT2D eigenvalue weighted by Crippen LogP contribution is -2.34. The Bertz CT molecular complexity index is 646. The molecule has 0 saturated carbocycles. The van der Waals surface area contributed by atoms with E-state index in [-0.39, 0.29) is 5.91 Å². The van der Waals surface area contributed by atoms with Crippen LogP contribution in [0.2, 0.25) is 0 Å². The van der Waals surface area contributed by atoms with Gasteiger partial charge in [-0.05, 0) is 62.2 Å². The van der Waals surface area contributed by atoms with Crippen LogP contribution in [0.3, 0.4) is 0 Å². The molecule has 23 heavy (non-hydrogen) atoms. The van der Waals surface area contributed by atoms with Crippen molar-refractivity contribution in [1.82, 2.24) is 0 Å². The molecule has 0 atom stereocenters. The fraction of sp³-hybridized carbons (Fsp3) is 0.316. The highest BCUT2D eigenvalue weighted by atomic mass is 16.5. The van der Waals surface area contributed by atoms with Crippen LogP contribution in [0.4, 0.5) is 11.4 Å². The maximum atomic E-state index is 12.6. The van der Waals surface area contributed by atoms with Crippen LogP contribution in [-0.4, -0.2) is 12.5 Å². The molecule has 1 amide bonds. The van der Waals surface area contributed by atoms with Crippen molar-refractivity contribution in [2.45, 2.75) is 32.6 Å². The normalized spacial score (nSPS) is 11.1. The highest BCUT2D eigenvalue weighted by molar-refractivity contribution is 5.98. The van der Waals surface area contributed by atoms with E-state index in [1.807, 2.05) is 62.4 Å². The van der Waals surface area contributed by atoms with E-state index in [0.717, 1.165) is 23.4 Å². The first-order chi connectivity index (χ1) is 10.9. The Morgan fingerprint density at radius 3 is 2.26 bits per heavy atom. The zero-order valence-electron chi connectivity index (χ0n) is 13.9. The number of hydrogen-bond donors (Lipinski definition) is 2.